The van der Waals surface area contributed by atoms with Crippen LogP contribution >= 0.6 is 15.9 Å². The van der Waals surface area contributed by atoms with Crippen molar-refractivity contribution in [2.75, 3.05) is 20.2 Å². The Morgan fingerprint density at radius 3 is 2.75 bits per heavy atom. The van der Waals surface area contributed by atoms with Crippen molar-refractivity contribution in [2.24, 2.45) is 5.73 Å². The van der Waals surface area contributed by atoms with Crippen molar-refractivity contribution in [3.05, 3.63) is 34.3 Å². The van der Waals surface area contributed by atoms with E-state index in [0.29, 0.717) is 13.0 Å². The summed E-state index contributed by atoms with van der Waals surface area (Å²) in [5, 5.41) is 0. The zero-order chi connectivity index (χ0) is 14.5. The molecule has 110 valence electrons. The molecule has 0 aliphatic carbocycles. The van der Waals surface area contributed by atoms with E-state index in [4.69, 9.17) is 10.5 Å². The van der Waals surface area contributed by atoms with Crippen LogP contribution in [0.25, 0.3) is 0 Å². The van der Waals surface area contributed by atoms with Gasteiger partial charge >= 0.3 is 0 Å². The van der Waals surface area contributed by atoms with Gasteiger partial charge in [0.05, 0.1) is 12.5 Å². The maximum absolute atomic E-state index is 12.4. The molecule has 2 atom stereocenters. The van der Waals surface area contributed by atoms with E-state index in [9.17, 15) is 4.79 Å². The minimum atomic E-state index is 0.0941. The van der Waals surface area contributed by atoms with Gasteiger partial charge in [-0.1, -0.05) is 28.1 Å². The highest BCUT2D eigenvalue weighted by Crippen LogP contribution is 2.20. The molecule has 4 nitrogen and oxygen atoms in total. The fraction of sp³-hybridized carbons (Fsp3) is 0.533. The van der Waals surface area contributed by atoms with Crippen molar-refractivity contribution in [3.8, 4) is 0 Å². The van der Waals surface area contributed by atoms with E-state index < -0.39 is 0 Å². The van der Waals surface area contributed by atoms with Crippen LogP contribution in [0.3, 0.4) is 0 Å². The van der Waals surface area contributed by atoms with Crippen molar-refractivity contribution >= 4 is 21.8 Å². The molecule has 1 fully saturated rings. The first-order chi connectivity index (χ1) is 9.63. The second kappa shape index (κ2) is 7.20. The summed E-state index contributed by atoms with van der Waals surface area (Å²) in [5.41, 5.74) is 6.84. The van der Waals surface area contributed by atoms with Crippen LogP contribution in [-0.4, -0.2) is 43.2 Å². The lowest BCUT2D eigenvalue weighted by Gasteiger charge is -2.38. The van der Waals surface area contributed by atoms with Crippen LogP contribution in [-0.2, 0) is 16.0 Å². The predicted molar refractivity (Wildman–Crippen MR) is 82.4 cm³/mol. The van der Waals surface area contributed by atoms with E-state index in [1.807, 2.05) is 29.2 Å². The molecule has 2 N–H and O–H groups in total. The second-order valence-electron chi connectivity index (χ2n) is 5.16. The first kappa shape index (κ1) is 15.5. The van der Waals surface area contributed by atoms with E-state index in [1.165, 1.54) is 0 Å². The van der Waals surface area contributed by atoms with Crippen LogP contribution in [0.1, 0.15) is 18.4 Å². The minimum absolute atomic E-state index is 0.0941. The average molecular weight is 341 g/mol. The lowest BCUT2D eigenvalue weighted by molar-refractivity contribution is -0.136. The van der Waals surface area contributed by atoms with Crippen molar-refractivity contribution in [1.82, 2.24) is 4.90 Å². The van der Waals surface area contributed by atoms with Gasteiger partial charge in [0.1, 0.15) is 0 Å². The highest BCUT2D eigenvalue weighted by atomic mass is 79.9. The quantitative estimate of drug-likeness (QED) is 0.911. The molecule has 1 aliphatic rings. The molecule has 0 saturated carbocycles. The number of ether oxygens (including phenoxy) is 1. The summed E-state index contributed by atoms with van der Waals surface area (Å²) in [6.45, 7) is 1.22. The molecule has 2 rings (SSSR count). The zero-order valence-corrected chi connectivity index (χ0v) is 13.3. The molecule has 1 aromatic rings. The number of nitrogens with two attached hydrogens (primary N) is 1. The Hall–Kier alpha value is -0.910. The normalized spacial score (nSPS) is 22.9. The second-order valence-corrected chi connectivity index (χ2v) is 6.08. The van der Waals surface area contributed by atoms with Gasteiger partial charge in [0.25, 0.3) is 0 Å². The van der Waals surface area contributed by atoms with Crippen molar-refractivity contribution < 1.29 is 9.53 Å². The van der Waals surface area contributed by atoms with Crippen LogP contribution in [0.2, 0.25) is 0 Å². The van der Waals surface area contributed by atoms with Gasteiger partial charge in [-0.2, -0.15) is 0 Å². The fourth-order valence-electron chi connectivity index (χ4n) is 2.66. The van der Waals surface area contributed by atoms with Gasteiger partial charge < -0.3 is 15.4 Å². The van der Waals surface area contributed by atoms with Crippen molar-refractivity contribution in [2.45, 2.75) is 31.4 Å². The monoisotopic (exact) mass is 340 g/mol. The largest absolute Gasteiger partial charge is 0.381 e. The molecule has 1 aliphatic heterocycles. The SMILES string of the molecule is COC1CCN(C(=O)Cc2ccc(Br)cc2)C(CN)C1. The fourth-order valence-corrected chi connectivity index (χ4v) is 2.92. The van der Waals surface area contributed by atoms with E-state index in [0.717, 1.165) is 29.4 Å². The van der Waals surface area contributed by atoms with E-state index in [1.54, 1.807) is 7.11 Å². The molecule has 1 saturated heterocycles. The molecule has 0 bridgehead atoms. The third-order valence-electron chi connectivity index (χ3n) is 3.86. The Morgan fingerprint density at radius 2 is 2.15 bits per heavy atom. The number of hydrogen-bond acceptors (Lipinski definition) is 3. The number of halogens is 1. The Balaban J connectivity index is 1.99. The number of benzene rings is 1. The maximum atomic E-state index is 12.4. The number of piperidine rings is 1. The van der Waals surface area contributed by atoms with Crippen LogP contribution in [0.5, 0.6) is 0 Å². The predicted octanol–water partition coefficient (Wildman–Crippen LogP) is 1.96. The number of hydrogen-bond donors (Lipinski definition) is 1. The summed E-state index contributed by atoms with van der Waals surface area (Å²) in [4.78, 5) is 14.3. The van der Waals surface area contributed by atoms with Gasteiger partial charge in [0.15, 0.2) is 0 Å². The molecular weight excluding hydrogens is 320 g/mol. The summed E-state index contributed by atoms with van der Waals surface area (Å²) in [6.07, 6.45) is 2.37. The Bertz CT molecular complexity index is 450. The summed E-state index contributed by atoms with van der Waals surface area (Å²) >= 11 is 3.40. The number of likely N-dealkylation sites (tertiary alicyclic amines) is 1. The topological polar surface area (TPSA) is 55.6 Å². The van der Waals surface area contributed by atoms with Gasteiger partial charge in [0.2, 0.25) is 5.91 Å². The standard InChI is InChI=1S/C15H21BrN2O2/c1-20-14-6-7-18(13(9-14)10-17)15(19)8-11-2-4-12(16)5-3-11/h2-5,13-14H,6-10,17H2,1H3. The summed E-state index contributed by atoms with van der Waals surface area (Å²) in [5.74, 6) is 0.150. The molecule has 0 radical (unpaired) electrons. The van der Waals surface area contributed by atoms with Crippen LogP contribution in [0.15, 0.2) is 28.7 Å². The molecule has 1 heterocycles. The third-order valence-corrected chi connectivity index (χ3v) is 4.39. The summed E-state index contributed by atoms with van der Waals surface area (Å²) in [6, 6.07) is 7.96. The molecule has 1 amide bonds. The molecule has 20 heavy (non-hydrogen) atoms. The van der Waals surface area contributed by atoms with Crippen LogP contribution < -0.4 is 5.73 Å². The molecule has 0 spiro atoms. The van der Waals surface area contributed by atoms with Crippen LogP contribution in [0.4, 0.5) is 0 Å². The lowest BCUT2D eigenvalue weighted by Crippen LogP contribution is -2.51. The van der Waals surface area contributed by atoms with E-state index >= 15 is 0 Å². The van der Waals surface area contributed by atoms with E-state index in [2.05, 4.69) is 15.9 Å². The number of nitrogens with zero attached hydrogens (tertiary/aromatic N) is 1. The number of rotatable bonds is 4. The Morgan fingerprint density at radius 1 is 1.45 bits per heavy atom. The molecule has 1 aromatic carbocycles. The first-order valence-electron chi connectivity index (χ1n) is 6.90. The van der Waals surface area contributed by atoms with Gasteiger partial charge in [-0.05, 0) is 30.5 Å². The first-order valence-corrected chi connectivity index (χ1v) is 7.70. The Labute approximate surface area is 128 Å². The number of carbonyl (C=O) groups is 1. The summed E-state index contributed by atoms with van der Waals surface area (Å²) in [7, 11) is 1.72. The maximum Gasteiger partial charge on any atom is 0.227 e. The van der Waals surface area contributed by atoms with Gasteiger partial charge in [-0.25, -0.2) is 0 Å². The Kier molecular flexibility index (Phi) is 5.57. The van der Waals surface area contributed by atoms with Crippen LogP contribution in [0, 0.1) is 0 Å². The van der Waals surface area contributed by atoms with E-state index in [-0.39, 0.29) is 18.1 Å². The molecule has 5 heteroatoms. The molecule has 0 aromatic heterocycles. The minimum Gasteiger partial charge on any atom is -0.381 e. The van der Waals surface area contributed by atoms with Gasteiger partial charge in [-0.15, -0.1) is 0 Å². The van der Waals surface area contributed by atoms with Crippen molar-refractivity contribution in [3.63, 3.8) is 0 Å². The smallest absolute Gasteiger partial charge is 0.227 e. The van der Waals surface area contributed by atoms with Gasteiger partial charge in [0, 0.05) is 30.7 Å². The highest BCUT2D eigenvalue weighted by molar-refractivity contribution is 9.10. The average Bonchev–Trinajstić information content (AvgIpc) is 2.48. The number of carbonyl (C=O) groups excluding carboxylic acids is 1. The third kappa shape index (κ3) is 3.81. The summed E-state index contributed by atoms with van der Waals surface area (Å²) < 4.78 is 6.41. The number of methoxy groups -OCH3 is 1. The lowest BCUT2D eigenvalue weighted by atomic mass is 9.98. The van der Waals surface area contributed by atoms with Crippen molar-refractivity contribution in [1.29, 1.82) is 0 Å². The number of amides is 1. The highest BCUT2D eigenvalue weighted by Gasteiger charge is 2.30. The van der Waals surface area contributed by atoms with Gasteiger partial charge in [-0.3, -0.25) is 4.79 Å². The molecule has 2 unspecified atom stereocenters. The zero-order valence-electron chi connectivity index (χ0n) is 11.7. The molecular formula is C15H21BrN2O2.